The van der Waals surface area contributed by atoms with E-state index in [2.05, 4.69) is 15.3 Å². The van der Waals surface area contributed by atoms with Gasteiger partial charge in [0.2, 0.25) is 16.0 Å². The fourth-order valence-electron chi connectivity index (χ4n) is 3.90. The van der Waals surface area contributed by atoms with Gasteiger partial charge in [-0.1, -0.05) is 0 Å². The third-order valence-electron chi connectivity index (χ3n) is 5.53. The van der Waals surface area contributed by atoms with E-state index in [1.54, 1.807) is 0 Å². The molecule has 10 heteroatoms. The summed E-state index contributed by atoms with van der Waals surface area (Å²) < 4.78 is 91.4. The van der Waals surface area contributed by atoms with Crippen LogP contribution in [0.5, 0.6) is 0 Å². The van der Waals surface area contributed by atoms with Crippen molar-refractivity contribution >= 4 is 27.0 Å². The molecule has 2 N–H and O–H groups in total. The van der Waals surface area contributed by atoms with Crippen LogP contribution in [0.4, 0.5) is 5.95 Å². The Balaban J connectivity index is 1.88. The first-order valence-electron chi connectivity index (χ1n) is 13.5. The zero-order valence-electron chi connectivity index (χ0n) is 24.6. The van der Waals surface area contributed by atoms with Crippen LogP contribution in [0.25, 0.3) is 11.0 Å². The molecular weight excluding hydrogens is 406 g/mol. The van der Waals surface area contributed by atoms with Crippen molar-refractivity contribution in [2.24, 2.45) is 0 Å². The lowest BCUT2D eigenvalue weighted by Gasteiger charge is -2.31. The first kappa shape index (κ1) is 13.4. The van der Waals surface area contributed by atoms with Gasteiger partial charge in [0.25, 0.3) is 5.56 Å². The Labute approximate surface area is 187 Å². The van der Waals surface area contributed by atoms with E-state index < -0.39 is 77.4 Å². The predicted octanol–water partition coefficient (Wildman–Crippen LogP) is 1.41. The molecule has 2 fully saturated rings. The van der Waals surface area contributed by atoms with Crippen LogP contribution in [0.3, 0.4) is 0 Å². The minimum Gasteiger partial charge on any atom is -0.388 e. The fourth-order valence-corrected chi connectivity index (χ4v) is 4.49. The number of aliphatic hydroxyl groups is 1. The number of hydrogen-bond acceptors (Lipinski definition) is 7. The van der Waals surface area contributed by atoms with Crippen molar-refractivity contribution < 1.29 is 24.5 Å². The second kappa shape index (κ2) is 7.58. The summed E-state index contributed by atoms with van der Waals surface area (Å²) in [6, 6.07) is -2.46. The van der Waals surface area contributed by atoms with E-state index in [4.69, 9.17) is 11.0 Å². The van der Waals surface area contributed by atoms with Crippen molar-refractivity contribution in [3.05, 3.63) is 28.2 Å². The number of pyridine rings is 1. The summed E-state index contributed by atoms with van der Waals surface area (Å²) in [4.78, 5) is 21.7. The van der Waals surface area contributed by atoms with Crippen LogP contribution < -0.4 is 10.9 Å². The Kier molecular flexibility index (Phi) is 3.38. The third kappa shape index (κ3) is 3.95. The molecule has 2 atom stereocenters. The molecule has 2 aromatic rings. The van der Waals surface area contributed by atoms with Crippen LogP contribution >= 0.6 is 0 Å². The molecule has 2 aromatic heterocycles. The van der Waals surface area contributed by atoms with E-state index in [9.17, 15) is 18.3 Å². The number of aromatic nitrogens is 3. The average molecular weight is 444 g/mol. The van der Waals surface area contributed by atoms with E-state index >= 15 is 0 Å². The molecule has 1 saturated heterocycles. The Bertz CT molecular complexity index is 1430. The summed E-state index contributed by atoms with van der Waals surface area (Å²) in [6.07, 6.45) is -2.25. The lowest BCUT2D eigenvalue weighted by molar-refractivity contribution is 0.0266. The molecule has 0 radical (unpaired) electrons. The monoisotopic (exact) mass is 443 g/mol. The fraction of sp³-hybridized carbons (Fsp3) is 0.650. The standard InChI is InChI=1S/C20H29N5O4S/c1-13-11-14-12-21-19(22-15-6-9-24(10-7-15)30(3,28)29)23-17(14)25(18(13)26)16-5-4-8-20(16,2)27/h11-12,15-16,27H,4-10H2,1-3H3,(H,21,22,23)/t16-,20-/m0/s1/i1D3,6D2,7D2,15D. The molecule has 0 unspecified atom stereocenters. The molecule has 0 amide bonds. The highest BCUT2D eigenvalue weighted by atomic mass is 32.2. The van der Waals surface area contributed by atoms with Crippen molar-refractivity contribution in [3.63, 3.8) is 0 Å². The van der Waals surface area contributed by atoms with Crippen molar-refractivity contribution in [1.29, 1.82) is 0 Å². The second-order valence-electron chi connectivity index (χ2n) is 7.86. The zero-order valence-corrected chi connectivity index (χ0v) is 17.5. The van der Waals surface area contributed by atoms with Crippen molar-refractivity contribution in [2.45, 2.75) is 63.4 Å². The molecule has 30 heavy (non-hydrogen) atoms. The number of sulfonamides is 1. The molecule has 1 aliphatic heterocycles. The van der Waals surface area contributed by atoms with Gasteiger partial charge < -0.3 is 10.4 Å². The van der Waals surface area contributed by atoms with Gasteiger partial charge in [-0.15, -0.1) is 0 Å². The molecule has 4 rings (SSSR count). The maximum absolute atomic E-state index is 13.4. The highest BCUT2D eigenvalue weighted by Crippen LogP contribution is 2.39. The first-order chi connectivity index (χ1) is 17.1. The lowest BCUT2D eigenvalue weighted by Crippen LogP contribution is -2.42. The molecule has 0 aromatic carbocycles. The van der Waals surface area contributed by atoms with Crippen LogP contribution in [-0.4, -0.2) is 63.3 Å². The minimum absolute atomic E-state index is 0.0778. The molecule has 3 heterocycles. The number of nitrogens with zero attached hydrogens (tertiary/aromatic N) is 4. The number of piperidine rings is 1. The van der Waals surface area contributed by atoms with Gasteiger partial charge in [-0.2, -0.15) is 4.98 Å². The summed E-state index contributed by atoms with van der Waals surface area (Å²) in [7, 11) is -3.96. The molecule has 0 spiro atoms. The summed E-state index contributed by atoms with van der Waals surface area (Å²) in [5, 5.41) is 13.5. The van der Waals surface area contributed by atoms with E-state index in [1.807, 2.05) is 0 Å². The molecule has 2 aliphatic rings. The Morgan fingerprint density at radius 1 is 1.43 bits per heavy atom. The summed E-state index contributed by atoms with van der Waals surface area (Å²) >= 11 is 0. The SMILES string of the molecule is [2H]C([2H])([2H])c1cc2cnc(NC3([2H])C([2H])([2H])CN(S(C)(=O)=O)CC3([2H])[2H])nc2n([C@H]2CCC[C@]2(C)O)c1=O. The number of nitrogens with one attached hydrogen (secondary N) is 1. The normalized spacial score (nSPS) is 35.1. The molecule has 1 aliphatic carbocycles. The van der Waals surface area contributed by atoms with Crippen LogP contribution in [-0.2, 0) is 10.0 Å². The Morgan fingerprint density at radius 2 is 2.17 bits per heavy atom. The second-order valence-corrected chi connectivity index (χ2v) is 9.84. The quantitative estimate of drug-likeness (QED) is 0.734. The maximum atomic E-state index is 13.4. The number of rotatable bonds is 4. The van der Waals surface area contributed by atoms with E-state index in [0.717, 1.165) is 16.9 Å². The van der Waals surface area contributed by atoms with Gasteiger partial charge in [0.15, 0.2) is 0 Å². The van der Waals surface area contributed by atoms with Gasteiger partial charge >= 0.3 is 0 Å². The highest BCUT2D eigenvalue weighted by Gasteiger charge is 2.39. The van der Waals surface area contributed by atoms with Gasteiger partial charge in [-0.05, 0) is 51.9 Å². The molecular formula is C20H29N5O4S. The highest BCUT2D eigenvalue weighted by molar-refractivity contribution is 7.88. The first-order valence-corrected chi connectivity index (χ1v) is 11.3. The van der Waals surface area contributed by atoms with Crippen LogP contribution in [0.1, 0.15) is 61.5 Å². The molecule has 164 valence electrons. The van der Waals surface area contributed by atoms with E-state index in [0.29, 0.717) is 23.6 Å². The van der Waals surface area contributed by atoms with Crippen LogP contribution in [0, 0.1) is 6.85 Å². The maximum Gasteiger partial charge on any atom is 0.255 e. The average Bonchev–Trinajstić information content (AvgIpc) is 3.08. The predicted molar refractivity (Wildman–Crippen MR) is 115 cm³/mol. The Morgan fingerprint density at radius 3 is 2.77 bits per heavy atom. The van der Waals surface area contributed by atoms with Crippen molar-refractivity contribution in [1.82, 2.24) is 18.8 Å². The minimum atomic E-state index is -3.96. The van der Waals surface area contributed by atoms with Crippen molar-refractivity contribution in [2.75, 3.05) is 24.7 Å². The summed E-state index contributed by atoms with van der Waals surface area (Å²) in [5.74, 6) is -0.430. The summed E-state index contributed by atoms with van der Waals surface area (Å²) in [5.41, 5.74) is -2.81. The van der Waals surface area contributed by atoms with Gasteiger partial charge in [0.1, 0.15) is 5.65 Å². The largest absolute Gasteiger partial charge is 0.388 e. The van der Waals surface area contributed by atoms with E-state index in [1.165, 1.54) is 13.1 Å². The topological polar surface area (TPSA) is 117 Å². The molecule has 1 saturated carbocycles. The lowest BCUT2D eigenvalue weighted by atomic mass is 9.99. The van der Waals surface area contributed by atoms with E-state index in [-0.39, 0.29) is 11.0 Å². The van der Waals surface area contributed by atoms with Gasteiger partial charge in [0, 0.05) is 45.8 Å². The van der Waals surface area contributed by atoms with Crippen LogP contribution in [0.2, 0.25) is 0 Å². The number of aryl methyl sites for hydroxylation is 1. The van der Waals surface area contributed by atoms with Gasteiger partial charge in [-0.25, -0.2) is 17.7 Å². The van der Waals surface area contributed by atoms with Gasteiger partial charge in [0.05, 0.1) is 19.3 Å². The Hall–Kier alpha value is -2.04. The van der Waals surface area contributed by atoms with Crippen molar-refractivity contribution in [3.8, 4) is 0 Å². The molecule has 0 bridgehead atoms. The number of fused-ring (bicyclic) bond motifs is 1. The van der Waals surface area contributed by atoms with Crippen LogP contribution in [0.15, 0.2) is 17.1 Å². The third-order valence-corrected chi connectivity index (χ3v) is 6.73. The van der Waals surface area contributed by atoms with Gasteiger partial charge in [-0.3, -0.25) is 9.36 Å². The number of anilines is 1. The molecule has 9 nitrogen and oxygen atoms in total. The number of hydrogen-bond donors (Lipinski definition) is 2. The summed E-state index contributed by atoms with van der Waals surface area (Å²) in [6.45, 7) is -2.83. The smallest absolute Gasteiger partial charge is 0.255 e. The zero-order chi connectivity index (χ0) is 28.7.